The molecule has 1 heterocycles. The monoisotopic (exact) mass is 306 g/mol. The summed E-state index contributed by atoms with van der Waals surface area (Å²) < 4.78 is 5.28. The fourth-order valence-electron chi connectivity index (χ4n) is 2.47. The van der Waals surface area contributed by atoms with Crippen molar-refractivity contribution >= 4 is 11.9 Å². The molecular weight excluding hydrogens is 284 g/mol. The number of hydrogen-bond acceptors (Lipinski definition) is 4. The molecule has 6 nitrogen and oxygen atoms in total. The number of aromatic carboxylic acids is 1. The minimum Gasteiger partial charge on any atom is -0.478 e. The molecule has 0 saturated carbocycles. The molecule has 1 amide bonds. The molecule has 1 fully saturated rings. The van der Waals surface area contributed by atoms with E-state index < -0.39 is 5.97 Å². The quantitative estimate of drug-likeness (QED) is 0.727. The van der Waals surface area contributed by atoms with E-state index in [1.807, 2.05) is 0 Å². The summed E-state index contributed by atoms with van der Waals surface area (Å²) in [5.74, 6) is -1.15. The van der Waals surface area contributed by atoms with Gasteiger partial charge < -0.3 is 15.2 Å². The Bertz CT molecular complexity index is 513. The fraction of sp³-hybridized carbons (Fsp3) is 0.500. The van der Waals surface area contributed by atoms with Crippen molar-refractivity contribution in [1.29, 1.82) is 0 Å². The molecule has 2 N–H and O–H groups in total. The van der Waals surface area contributed by atoms with Gasteiger partial charge in [-0.2, -0.15) is 0 Å². The largest absolute Gasteiger partial charge is 0.478 e. The van der Waals surface area contributed by atoms with Crippen molar-refractivity contribution in [2.45, 2.75) is 12.8 Å². The van der Waals surface area contributed by atoms with Crippen LogP contribution in [0.2, 0.25) is 0 Å². The summed E-state index contributed by atoms with van der Waals surface area (Å²) >= 11 is 0. The minimum absolute atomic E-state index is 0.0972. The van der Waals surface area contributed by atoms with Gasteiger partial charge in [0, 0.05) is 19.6 Å². The normalized spacial score (nSPS) is 15.5. The van der Waals surface area contributed by atoms with Crippen LogP contribution in [0.15, 0.2) is 24.3 Å². The molecule has 1 aromatic rings. The van der Waals surface area contributed by atoms with Crippen LogP contribution < -0.4 is 5.32 Å². The van der Waals surface area contributed by atoms with E-state index in [1.165, 1.54) is 6.07 Å². The van der Waals surface area contributed by atoms with Crippen molar-refractivity contribution in [3.8, 4) is 0 Å². The number of nitrogens with zero attached hydrogens (tertiary/aromatic N) is 1. The van der Waals surface area contributed by atoms with Gasteiger partial charge in [-0.05, 0) is 24.6 Å². The van der Waals surface area contributed by atoms with Crippen LogP contribution in [0.4, 0.5) is 0 Å². The second-order valence-corrected chi connectivity index (χ2v) is 5.30. The number of carbonyl (C=O) groups excluding carboxylic acids is 1. The first kappa shape index (κ1) is 16.5. The summed E-state index contributed by atoms with van der Waals surface area (Å²) in [6.45, 7) is 4.98. The van der Waals surface area contributed by atoms with E-state index >= 15 is 0 Å². The zero-order valence-electron chi connectivity index (χ0n) is 12.6. The first-order valence-electron chi connectivity index (χ1n) is 7.55. The van der Waals surface area contributed by atoms with Crippen molar-refractivity contribution in [2.24, 2.45) is 0 Å². The first-order valence-corrected chi connectivity index (χ1v) is 7.55. The third-order valence-electron chi connectivity index (χ3n) is 3.68. The van der Waals surface area contributed by atoms with Crippen molar-refractivity contribution in [2.75, 3.05) is 39.4 Å². The van der Waals surface area contributed by atoms with Gasteiger partial charge in [0.05, 0.1) is 25.2 Å². The van der Waals surface area contributed by atoms with Crippen LogP contribution in [0.5, 0.6) is 0 Å². The number of carboxylic acids is 1. The van der Waals surface area contributed by atoms with E-state index in [0.717, 1.165) is 39.3 Å². The molecule has 0 bridgehead atoms. The van der Waals surface area contributed by atoms with E-state index in [-0.39, 0.29) is 17.9 Å². The summed E-state index contributed by atoms with van der Waals surface area (Å²) in [6.07, 6.45) is 0.979. The average Bonchev–Trinajstić information content (AvgIpc) is 2.53. The molecule has 120 valence electrons. The molecule has 2 rings (SSSR count). The highest BCUT2D eigenvalue weighted by atomic mass is 16.5. The van der Waals surface area contributed by atoms with Crippen LogP contribution in [0, 0.1) is 0 Å². The Morgan fingerprint density at radius 2 is 1.95 bits per heavy atom. The van der Waals surface area contributed by atoms with Crippen LogP contribution in [-0.2, 0) is 16.0 Å². The van der Waals surface area contributed by atoms with Gasteiger partial charge in [-0.3, -0.25) is 9.69 Å². The molecule has 1 aromatic carbocycles. The Morgan fingerprint density at radius 3 is 2.68 bits per heavy atom. The van der Waals surface area contributed by atoms with Crippen molar-refractivity contribution in [3.05, 3.63) is 35.4 Å². The van der Waals surface area contributed by atoms with Crippen LogP contribution in [0.1, 0.15) is 22.3 Å². The fourth-order valence-corrected chi connectivity index (χ4v) is 2.47. The van der Waals surface area contributed by atoms with Gasteiger partial charge >= 0.3 is 5.97 Å². The van der Waals surface area contributed by atoms with Gasteiger partial charge in [0.2, 0.25) is 5.91 Å². The molecule has 1 aliphatic heterocycles. The van der Waals surface area contributed by atoms with Crippen molar-refractivity contribution in [3.63, 3.8) is 0 Å². The molecule has 0 unspecified atom stereocenters. The Kier molecular flexibility index (Phi) is 6.36. The van der Waals surface area contributed by atoms with Crippen LogP contribution in [0.3, 0.4) is 0 Å². The molecule has 6 heteroatoms. The Labute approximate surface area is 130 Å². The minimum atomic E-state index is -1.00. The van der Waals surface area contributed by atoms with Gasteiger partial charge in [-0.15, -0.1) is 0 Å². The maximum absolute atomic E-state index is 11.9. The van der Waals surface area contributed by atoms with E-state index in [0.29, 0.717) is 12.1 Å². The number of morpholine rings is 1. The third-order valence-corrected chi connectivity index (χ3v) is 3.68. The van der Waals surface area contributed by atoms with Crippen LogP contribution in [-0.4, -0.2) is 61.3 Å². The Hall–Kier alpha value is -1.92. The number of rotatable bonds is 7. The molecule has 0 aliphatic carbocycles. The highest BCUT2D eigenvalue weighted by Gasteiger charge is 2.13. The first-order chi connectivity index (χ1) is 10.7. The number of ether oxygens (including phenoxy) is 1. The van der Waals surface area contributed by atoms with Gasteiger partial charge in [-0.1, -0.05) is 18.2 Å². The van der Waals surface area contributed by atoms with Crippen LogP contribution >= 0.6 is 0 Å². The molecule has 22 heavy (non-hydrogen) atoms. The zero-order chi connectivity index (χ0) is 15.8. The maximum atomic E-state index is 11.9. The number of nitrogens with one attached hydrogen (secondary N) is 1. The van der Waals surface area contributed by atoms with E-state index in [2.05, 4.69) is 10.2 Å². The van der Waals surface area contributed by atoms with Crippen molar-refractivity contribution in [1.82, 2.24) is 10.2 Å². The summed E-state index contributed by atoms with van der Waals surface area (Å²) in [7, 11) is 0. The molecular formula is C16H22N2O4. The second-order valence-electron chi connectivity index (χ2n) is 5.30. The van der Waals surface area contributed by atoms with Gasteiger partial charge in [0.1, 0.15) is 0 Å². The lowest BCUT2D eigenvalue weighted by molar-refractivity contribution is -0.120. The molecule has 0 radical (unpaired) electrons. The molecule has 1 aliphatic rings. The van der Waals surface area contributed by atoms with Gasteiger partial charge in [-0.25, -0.2) is 4.79 Å². The molecule has 0 aromatic heterocycles. The molecule has 0 spiro atoms. The van der Waals surface area contributed by atoms with E-state index in [1.54, 1.807) is 18.2 Å². The number of carbonyl (C=O) groups is 2. The average molecular weight is 306 g/mol. The van der Waals surface area contributed by atoms with E-state index in [9.17, 15) is 9.59 Å². The summed E-state index contributed by atoms with van der Waals surface area (Å²) in [5.41, 5.74) is 0.728. The Morgan fingerprint density at radius 1 is 1.23 bits per heavy atom. The topological polar surface area (TPSA) is 78.9 Å². The SMILES string of the molecule is O=C(Cc1ccccc1C(=O)O)NCCCN1CCOCC1. The zero-order valence-corrected chi connectivity index (χ0v) is 12.6. The Balaban J connectivity index is 1.70. The van der Waals surface area contributed by atoms with E-state index in [4.69, 9.17) is 9.84 Å². The lowest BCUT2D eigenvalue weighted by Gasteiger charge is -2.26. The third kappa shape index (κ3) is 5.13. The summed E-state index contributed by atoms with van der Waals surface area (Å²) in [6, 6.07) is 6.60. The summed E-state index contributed by atoms with van der Waals surface area (Å²) in [4.78, 5) is 25.3. The predicted octanol–water partition coefficient (Wildman–Crippen LogP) is 0.766. The number of amides is 1. The van der Waals surface area contributed by atoms with Gasteiger partial charge in [0.25, 0.3) is 0 Å². The maximum Gasteiger partial charge on any atom is 0.335 e. The smallest absolute Gasteiger partial charge is 0.335 e. The molecule has 0 atom stereocenters. The van der Waals surface area contributed by atoms with Gasteiger partial charge in [0.15, 0.2) is 0 Å². The predicted molar refractivity (Wildman–Crippen MR) is 82.0 cm³/mol. The number of benzene rings is 1. The van der Waals surface area contributed by atoms with Crippen LogP contribution in [0.25, 0.3) is 0 Å². The second kappa shape index (κ2) is 8.51. The standard InChI is InChI=1S/C16H22N2O4/c19-15(12-13-4-1-2-5-14(13)16(20)21)17-6-3-7-18-8-10-22-11-9-18/h1-2,4-5H,3,6-12H2,(H,17,19)(H,20,21). The number of carboxylic acid groups (broad SMARTS) is 1. The molecule has 1 saturated heterocycles. The lowest BCUT2D eigenvalue weighted by atomic mass is 10.0. The van der Waals surface area contributed by atoms with Crippen molar-refractivity contribution < 1.29 is 19.4 Å². The lowest BCUT2D eigenvalue weighted by Crippen LogP contribution is -2.38. The highest BCUT2D eigenvalue weighted by molar-refractivity contribution is 5.91. The highest BCUT2D eigenvalue weighted by Crippen LogP contribution is 2.09. The summed E-state index contributed by atoms with van der Waals surface area (Å²) in [5, 5.41) is 11.9. The number of hydrogen-bond donors (Lipinski definition) is 2.